The number of rotatable bonds is 7. The third-order valence-electron chi connectivity index (χ3n) is 4.63. The van der Waals surface area contributed by atoms with Crippen molar-refractivity contribution in [3.63, 3.8) is 0 Å². The number of nitriles is 1. The van der Waals surface area contributed by atoms with Crippen LogP contribution in [0.3, 0.4) is 0 Å². The van der Waals surface area contributed by atoms with E-state index in [1.54, 1.807) is 14.2 Å². The molecule has 1 unspecified atom stereocenters. The molecule has 0 aliphatic carbocycles. The van der Waals surface area contributed by atoms with Crippen LogP contribution in [0, 0.1) is 11.3 Å². The molecule has 0 spiro atoms. The standard InChI is InChI=1S/C18H25N3O4/c1-20(24-3)17(22)8-9-18(14-19,21-10-12-25-13-11-21)15-4-6-16(23-2)7-5-15/h4-7H,8-13H2,1-3H3. The summed E-state index contributed by atoms with van der Waals surface area (Å²) in [5.41, 5.74) is -0.0362. The van der Waals surface area contributed by atoms with Gasteiger partial charge in [-0.25, -0.2) is 5.06 Å². The average Bonchev–Trinajstić information content (AvgIpc) is 2.69. The van der Waals surface area contributed by atoms with E-state index in [1.807, 2.05) is 24.3 Å². The smallest absolute Gasteiger partial charge is 0.245 e. The van der Waals surface area contributed by atoms with Gasteiger partial charge in [0, 0.05) is 26.6 Å². The molecule has 7 nitrogen and oxygen atoms in total. The molecule has 136 valence electrons. The molecule has 1 aromatic rings. The van der Waals surface area contributed by atoms with Gasteiger partial charge in [-0.05, 0) is 24.1 Å². The highest BCUT2D eigenvalue weighted by molar-refractivity contribution is 5.75. The molecule has 1 fully saturated rings. The molecule has 0 aromatic heterocycles. The highest BCUT2D eigenvalue weighted by atomic mass is 16.7. The van der Waals surface area contributed by atoms with Gasteiger partial charge in [0.1, 0.15) is 11.3 Å². The van der Waals surface area contributed by atoms with Crippen molar-refractivity contribution in [2.24, 2.45) is 0 Å². The van der Waals surface area contributed by atoms with E-state index in [-0.39, 0.29) is 12.3 Å². The lowest BCUT2D eigenvalue weighted by atomic mass is 9.84. The zero-order valence-electron chi connectivity index (χ0n) is 15.0. The van der Waals surface area contributed by atoms with E-state index in [1.165, 1.54) is 12.2 Å². The van der Waals surface area contributed by atoms with Crippen LogP contribution in [0.5, 0.6) is 5.75 Å². The van der Waals surface area contributed by atoms with Gasteiger partial charge in [0.05, 0.1) is 33.5 Å². The Labute approximate surface area is 148 Å². The largest absolute Gasteiger partial charge is 0.497 e. The molecular weight excluding hydrogens is 322 g/mol. The zero-order valence-corrected chi connectivity index (χ0v) is 15.0. The summed E-state index contributed by atoms with van der Waals surface area (Å²) in [4.78, 5) is 19.2. The first kappa shape index (κ1) is 19.2. The summed E-state index contributed by atoms with van der Waals surface area (Å²) in [6.45, 7) is 2.44. The maximum Gasteiger partial charge on any atom is 0.245 e. The molecule has 7 heteroatoms. The number of ether oxygens (including phenoxy) is 2. The van der Waals surface area contributed by atoms with E-state index >= 15 is 0 Å². The fraction of sp³-hybridized carbons (Fsp3) is 0.556. The van der Waals surface area contributed by atoms with E-state index in [4.69, 9.17) is 14.3 Å². The van der Waals surface area contributed by atoms with E-state index in [9.17, 15) is 10.1 Å². The molecule has 25 heavy (non-hydrogen) atoms. The van der Waals surface area contributed by atoms with Crippen LogP contribution in [0.25, 0.3) is 0 Å². The normalized spacial score (nSPS) is 17.4. The van der Waals surface area contributed by atoms with Crippen LogP contribution in [0.15, 0.2) is 24.3 Å². The number of methoxy groups -OCH3 is 1. The second-order valence-electron chi connectivity index (χ2n) is 5.87. The zero-order chi connectivity index (χ0) is 18.3. The third kappa shape index (κ3) is 4.28. The van der Waals surface area contributed by atoms with Gasteiger partial charge in [0.15, 0.2) is 0 Å². The predicted molar refractivity (Wildman–Crippen MR) is 91.7 cm³/mol. The van der Waals surface area contributed by atoms with E-state index in [0.29, 0.717) is 32.7 Å². The number of benzene rings is 1. The van der Waals surface area contributed by atoms with Crippen LogP contribution < -0.4 is 4.74 Å². The molecule has 1 heterocycles. The van der Waals surface area contributed by atoms with E-state index in [2.05, 4.69) is 11.0 Å². The van der Waals surface area contributed by atoms with Gasteiger partial charge in [-0.1, -0.05) is 12.1 Å². The lowest BCUT2D eigenvalue weighted by Gasteiger charge is -2.41. The minimum absolute atomic E-state index is 0.163. The van der Waals surface area contributed by atoms with Gasteiger partial charge in [-0.3, -0.25) is 14.5 Å². The third-order valence-corrected chi connectivity index (χ3v) is 4.63. The van der Waals surface area contributed by atoms with Gasteiger partial charge in [-0.2, -0.15) is 5.26 Å². The van der Waals surface area contributed by atoms with Crippen molar-refractivity contribution >= 4 is 5.91 Å². The maximum absolute atomic E-state index is 12.2. The molecule has 1 aromatic carbocycles. The number of morpholine rings is 1. The Bertz CT molecular complexity index is 608. The Morgan fingerprint density at radius 2 is 1.96 bits per heavy atom. The number of amides is 1. The average molecular weight is 347 g/mol. The summed E-state index contributed by atoms with van der Waals surface area (Å²) < 4.78 is 10.6. The topological polar surface area (TPSA) is 75.0 Å². The molecule has 1 aliphatic heterocycles. The monoisotopic (exact) mass is 347 g/mol. The maximum atomic E-state index is 12.2. The van der Waals surface area contributed by atoms with Crippen molar-refractivity contribution in [3.05, 3.63) is 29.8 Å². The summed E-state index contributed by atoms with van der Waals surface area (Å²) >= 11 is 0. The van der Waals surface area contributed by atoms with Crippen LogP contribution in [-0.2, 0) is 19.9 Å². The number of hydrogen-bond donors (Lipinski definition) is 0. The minimum atomic E-state index is -0.889. The summed E-state index contributed by atoms with van der Waals surface area (Å²) in [6.07, 6.45) is 0.587. The fourth-order valence-electron chi connectivity index (χ4n) is 3.04. The lowest BCUT2D eigenvalue weighted by Crippen LogP contribution is -2.51. The molecule has 0 saturated carbocycles. The first-order valence-corrected chi connectivity index (χ1v) is 8.26. The van der Waals surface area contributed by atoms with Crippen molar-refractivity contribution in [3.8, 4) is 11.8 Å². The number of hydroxylamine groups is 2. The number of hydrogen-bond acceptors (Lipinski definition) is 6. The molecule has 0 radical (unpaired) electrons. The summed E-state index contributed by atoms with van der Waals surface area (Å²) in [6, 6.07) is 9.93. The molecule has 0 N–H and O–H groups in total. The Hall–Kier alpha value is -2.14. The van der Waals surface area contributed by atoms with Crippen LogP contribution in [0.4, 0.5) is 0 Å². The Balaban J connectivity index is 2.31. The molecule has 1 atom stereocenters. The van der Waals surface area contributed by atoms with Crippen LogP contribution in [-0.4, -0.2) is 63.4 Å². The highest BCUT2D eigenvalue weighted by Gasteiger charge is 2.40. The van der Waals surface area contributed by atoms with Crippen LogP contribution >= 0.6 is 0 Å². The second-order valence-corrected chi connectivity index (χ2v) is 5.87. The summed E-state index contributed by atoms with van der Waals surface area (Å²) in [5, 5.41) is 11.3. The highest BCUT2D eigenvalue weighted by Crippen LogP contribution is 2.35. The van der Waals surface area contributed by atoms with E-state index in [0.717, 1.165) is 11.3 Å². The van der Waals surface area contributed by atoms with Gasteiger partial charge >= 0.3 is 0 Å². The van der Waals surface area contributed by atoms with Crippen LogP contribution in [0.1, 0.15) is 18.4 Å². The van der Waals surface area contributed by atoms with Gasteiger partial charge < -0.3 is 9.47 Å². The predicted octanol–water partition coefficient (Wildman–Crippen LogP) is 1.55. The lowest BCUT2D eigenvalue weighted by molar-refractivity contribution is -0.169. The molecule has 2 rings (SSSR count). The Kier molecular flexibility index (Phi) is 6.76. The molecular formula is C18H25N3O4. The molecule has 0 bridgehead atoms. The van der Waals surface area contributed by atoms with E-state index < -0.39 is 5.54 Å². The van der Waals surface area contributed by atoms with Gasteiger partial charge in [0.2, 0.25) is 5.91 Å². The quantitative estimate of drug-likeness (QED) is 0.697. The Morgan fingerprint density at radius 1 is 1.32 bits per heavy atom. The van der Waals surface area contributed by atoms with Crippen molar-refractivity contribution in [2.75, 3.05) is 47.6 Å². The van der Waals surface area contributed by atoms with Gasteiger partial charge in [0.25, 0.3) is 0 Å². The summed E-state index contributed by atoms with van der Waals surface area (Å²) in [7, 11) is 4.62. The Morgan fingerprint density at radius 3 is 2.48 bits per heavy atom. The minimum Gasteiger partial charge on any atom is -0.497 e. The van der Waals surface area contributed by atoms with Crippen LogP contribution in [0.2, 0.25) is 0 Å². The van der Waals surface area contributed by atoms with Crippen molar-refractivity contribution in [1.82, 2.24) is 9.96 Å². The summed E-state index contributed by atoms with van der Waals surface area (Å²) in [5.74, 6) is 0.566. The molecule has 1 aliphatic rings. The number of carbonyl (C=O) groups is 1. The van der Waals surface area contributed by atoms with Crippen molar-refractivity contribution < 1.29 is 19.1 Å². The molecule has 1 saturated heterocycles. The SMILES string of the molecule is COc1ccc(C(C#N)(CCC(=O)N(C)OC)N2CCOCC2)cc1. The van der Waals surface area contributed by atoms with Gasteiger partial charge in [-0.15, -0.1) is 0 Å². The fourth-order valence-corrected chi connectivity index (χ4v) is 3.04. The van der Waals surface area contributed by atoms with Crippen molar-refractivity contribution in [2.45, 2.75) is 18.4 Å². The molecule has 1 amide bonds. The number of nitrogens with zero attached hydrogens (tertiary/aromatic N) is 3. The number of carbonyl (C=O) groups excluding carboxylic acids is 1. The second kappa shape index (κ2) is 8.81. The van der Waals surface area contributed by atoms with Crippen molar-refractivity contribution in [1.29, 1.82) is 5.26 Å². The first-order valence-electron chi connectivity index (χ1n) is 8.26. The first-order chi connectivity index (χ1) is 12.1.